The summed E-state index contributed by atoms with van der Waals surface area (Å²) in [6.45, 7) is 3.08. The number of nitrogens with zero attached hydrogens (tertiary/aromatic N) is 1. The number of rotatable bonds is 5. The van der Waals surface area contributed by atoms with Crippen molar-refractivity contribution in [3.05, 3.63) is 101 Å². The van der Waals surface area contributed by atoms with Crippen LogP contribution in [0.5, 0.6) is 5.75 Å². The fraction of sp³-hybridized carbons (Fsp3) is 0.276. The number of fused-ring (bicyclic) bond motifs is 1. The first-order chi connectivity index (χ1) is 15.9. The second kappa shape index (κ2) is 8.43. The largest absolute Gasteiger partial charge is 0.508 e. The van der Waals surface area contributed by atoms with Gasteiger partial charge in [0.15, 0.2) is 0 Å². The molecule has 2 aliphatic rings. The van der Waals surface area contributed by atoms with Gasteiger partial charge >= 0.3 is 5.97 Å². The summed E-state index contributed by atoms with van der Waals surface area (Å²) >= 11 is 0. The molecule has 3 aromatic carbocycles. The van der Waals surface area contributed by atoms with Gasteiger partial charge in [0.1, 0.15) is 5.75 Å². The summed E-state index contributed by atoms with van der Waals surface area (Å²) in [5.74, 6) is 0.0500. The number of carbonyl (C=O) groups is 1. The second-order valence-electron chi connectivity index (χ2n) is 9.33. The molecule has 1 aliphatic heterocycles. The lowest BCUT2D eigenvalue weighted by atomic mass is 9.76. The highest BCUT2D eigenvalue weighted by molar-refractivity contribution is 5.85. The maximum Gasteiger partial charge on any atom is 0.328 e. The lowest BCUT2D eigenvalue weighted by Gasteiger charge is -2.48. The van der Waals surface area contributed by atoms with Gasteiger partial charge in [0.25, 0.3) is 0 Å². The zero-order chi connectivity index (χ0) is 23.0. The van der Waals surface area contributed by atoms with Crippen molar-refractivity contribution in [3.8, 4) is 5.75 Å². The standard InChI is InChI=1S/C29H29NO3/c1-29(24-10-5-20(6-11-24)7-16-28(32)33)27-15-14-26(31)19-23(27)17-18-30(29)25-12-8-22(9-13-25)21-3-2-4-21/h5-16,19,21,31H,2-4,17-18H2,1H3,(H,32,33). The Hall–Kier alpha value is -3.53. The van der Waals surface area contributed by atoms with E-state index in [2.05, 4.69) is 48.2 Å². The average Bonchev–Trinajstić information content (AvgIpc) is 2.77. The third-order valence-electron chi connectivity index (χ3n) is 7.43. The summed E-state index contributed by atoms with van der Waals surface area (Å²) in [4.78, 5) is 13.3. The van der Waals surface area contributed by atoms with Crippen LogP contribution < -0.4 is 4.90 Å². The van der Waals surface area contributed by atoms with E-state index in [0.29, 0.717) is 11.7 Å². The van der Waals surface area contributed by atoms with Crippen molar-refractivity contribution < 1.29 is 15.0 Å². The van der Waals surface area contributed by atoms with Crippen molar-refractivity contribution in [1.82, 2.24) is 0 Å². The van der Waals surface area contributed by atoms with E-state index < -0.39 is 11.5 Å². The first-order valence-electron chi connectivity index (χ1n) is 11.7. The molecule has 0 aromatic heterocycles. The highest BCUT2D eigenvalue weighted by Crippen LogP contribution is 2.45. The molecule has 0 radical (unpaired) electrons. The smallest absolute Gasteiger partial charge is 0.328 e. The normalized spacial score (nSPS) is 20.5. The van der Waals surface area contributed by atoms with Crippen molar-refractivity contribution >= 4 is 17.7 Å². The van der Waals surface area contributed by atoms with Crippen LogP contribution >= 0.6 is 0 Å². The van der Waals surface area contributed by atoms with Crippen LogP contribution in [0.1, 0.15) is 59.9 Å². The lowest BCUT2D eigenvalue weighted by molar-refractivity contribution is -0.131. The van der Waals surface area contributed by atoms with E-state index in [9.17, 15) is 9.90 Å². The molecular formula is C29H29NO3. The number of carboxylic acids is 1. The van der Waals surface area contributed by atoms with Crippen LogP contribution in [0, 0.1) is 0 Å². The fourth-order valence-corrected chi connectivity index (χ4v) is 5.32. The number of phenols is 1. The Labute approximate surface area is 194 Å². The van der Waals surface area contributed by atoms with Gasteiger partial charge in [-0.3, -0.25) is 0 Å². The van der Waals surface area contributed by atoms with Crippen LogP contribution in [0.2, 0.25) is 0 Å². The molecule has 1 heterocycles. The maximum atomic E-state index is 10.9. The molecule has 0 bridgehead atoms. The number of aromatic hydroxyl groups is 1. The fourth-order valence-electron chi connectivity index (χ4n) is 5.32. The molecule has 4 heteroatoms. The SMILES string of the molecule is CC1(c2ccc(C=CC(=O)O)cc2)c2ccc(O)cc2CCN1c1ccc(C2CCC2)cc1. The molecule has 2 N–H and O–H groups in total. The number of hydrogen-bond donors (Lipinski definition) is 2. The Morgan fingerprint density at radius 1 is 1.03 bits per heavy atom. The molecule has 5 rings (SSSR count). The predicted octanol–water partition coefficient (Wildman–Crippen LogP) is 6.08. The van der Waals surface area contributed by atoms with Gasteiger partial charge in [-0.2, -0.15) is 0 Å². The highest BCUT2D eigenvalue weighted by atomic mass is 16.4. The number of phenolic OH excluding ortho intramolecular Hbond substituents is 1. The summed E-state index contributed by atoms with van der Waals surface area (Å²) in [5, 5.41) is 19.0. The van der Waals surface area contributed by atoms with Crippen molar-refractivity contribution in [2.24, 2.45) is 0 Å². The third kappa shape index (κ3) is 3.91. The molecule has 33 heavy (non-hydrogen) atoms. The molecule has 1 saturated carbocycles. The van der Waals surface area contributed by atoms with E-state index in [0.717, 1.165) is 35.7 Å². The molecule has 1 unspecified atom stereocenters. The molecule has 0 spiro atoms. The molecule has 3 aromatic rings. The predicted molar refractivity (Wildman–Crippen MR) is 132 cm³/mol. The summed E-state index contributed by atoms with van der Waals surface area (Å²) in [7, 11) is 0. The lowest BCUT2D eigenvalue weighted by Crippen LogP contribution is -2.49. The van der Waals surface area contributed by atoms with Crippen molar-refractivity contribution in [3.63, 3.8) is 0 Å². The Kier molecular flexibility index (Phi) is 5.45. The summed E-state index contributed by atoms with van der Waals surface area (Å²) < 4.78 is 0. The first kappa shape index (κ1) is 21.3. The monoisotopic (exact) mass is 439 g/mol. The van der Waals surface area contributed by atoms with E-state index in [1.165, 1.54) is 36.1 Å². The highest BCUT2D eigenvalue weighted by Gasteiger charge is 2.40. The van der Waals surface area contributed by atoms with Gasteiger partial charge in [-0.15, -0.1) is 0 Å². The molecule has 1 aliphatic carbocycles. The van der Waals surface area contributed by atoms with Crippen LogP contribution in [0.3, 0.4) is 0 Å². The summed E-state index contributed by atoms with van der Waals surface area (Å²) in [5.41, 5.74) is 6.53. The van der Waals surface area contributed by atoms with Gasteiger partial charge in [0.2, 0.25) is 0 Å². The molecular weight excluding hydrogens is 410 g/mol. The topological polar surface area (TPSA) is 60.8 Å². The maximum absolute atomic E-state index is 10.9. The van der Waals surface area contributed by atoms with Crippen molar-refractivity contribution in [1.29, 1.82) is 0 Å². The third-order valence-corrected chi connectivity index (χ3v) is 7.43. The van der Waals surface area contributed by atoms with E-state index in [-0.39, 0.29) is 0 Å². The van der Waals surface area contributed by atoms with Gasteiger partial charge in [0.05, 0.1) is 5.54 Å². The number of carboxylic acid groups (broad SMARTS) is 1. The van der Waals surface area contributed by atoms with Gasteiger partial charge in [-0.25, -0.2) is 4.79 Å². The Morgan fingerprint density at radius 3 is 2.39 bits per heavy atom. The molecule has 4 nitrogen and oxygen atoms in total. The van der Waals surface area contributed by atoms with E-state index in [1.54, 1.807) is 12.1 Å². The summed E-state index contributed by atoms with van der Waals surface area (Å²) in [6, 6.07) is 22.9. The first-order valence-corrected chi connectivity index (χ1v) is 11.7. The zero-order valence-corrected chi connectivity index (χ0v) is 18.9. The minimum Gasteiger partial charge on any atom is -0.508 e. The second-order valence-corrected chi connectivity index (χ2v) is 9.33. The van der Waals surface area contributed by atoms with E-state index in [4.69, 9.17) is 5.11 Å². The molecule has 1 atom stereocenters. The number of aliphatic carboxylic acids is 1. The zero-order valence-electron chi connectivity index (χ0n) is 18.9. The minimum atomic E-state index is -0.955. The van der Waals surface area contributed by atoms with E-state index in [1.807, 2.05) is 24.3 Å². The summed E-state index contributed by atoms with van der Waals surface area (Å²) in [6.07, 6.45) is 7.55. The molecule has 1 fully saturated rings. The van der Waals surface area contributed by atoms with E-state index >= 15 is 0 Å². The van der Waals surface area contributed by atoms with Crippen LogP contribution in [-0.2, 0) is 16.8 Å². The van der Waals surface area contributed by atoms with Crippen LogP contribution in [0.4, 0.5) is 5.69 Å². The van der Waals surface area contributed by atoms with Crippen molar-refractivity contribution in [2.75, 3.05) is 11.4 Å². The van der Waals surface area contributed by atoms with Crippen LogP contribution in [0.25, 0.3) is 6.08 Å². The average molecular weight is 440 g/mol. The van der Waals surface area contributed by atoms with Crippen LogP contribution in [-0.4, -0.2) is 22.7 Å². The van der Waals surface area contributed by atoms with Gasteiger partial charge < -0.3 is 15.1 Å². The quantitative estimate of drug-likeness (QED) is 0.473. The minimum absolute atomic E-state index is 0.295. The Bertz CT molecular complexity index is 1190. The number of hydrogen-bond acceptors (Lipinski definition) is 3. The Morgan fingerprint density at radius 2 is 1.76 bits per heavy atom. The molecule has 168 valence electrons. The van der Waals surface area contributed by atoms with Crippen molar-refractivity contribution in [2.45, 2.75) is 44.1 Å². The Balaban J connectivity index is 1.57. The molecule has 0 saturated heterocycles. The van der Waals surface area contributed by atoms with Gasteiger partial charge in [-0.1, -0.05) is 48.9 Å². The number of anilines is 1. The number of benzene rings is 3. The van der Waals surface area contributed by atoms with Gasteiger partial charge in [-0.05, 0) is 90.3 Å². The molecule has 0 amide bonds. The van der Waals surface area contributed by atoms with Gasteiger partial charge in [0, 0.05) is 18.3 Å². The van der Waals surface area contributed by atoms with Crippen LogP contribution in [0.15, 0.2) is 72.8 Å².